The van der Waals surface area contributed by atoms with E-state index in [2.05, 4.69) is 56.2 Å². The van der Waals surface area contributed by atoms with E-state index < -0.39 is 0 Å². The van der Waals surface area contributed by atoms with Crippen molar-refractivity contribution in [2.45, 2.75) is 6.92 Å². The second-order valence-corrected chi connectivity index (χ2v) is 8.49. The minimum atomic E-state index is -0.306. The Hall–Kier alpha value is -3.62. The van der Waals surface area contributed by atoms with Crippen molar-refractivity contribution >= 4 is 40.5 Å². The van der Waals surface area contributed by atoms with Crippen molar-refractivity contribution in [2.75, 3.05) is 48.8 Å². The monoisotopic (exact) mass is 478 g/mol. The lowest BCUT2D eigenvalue weighted by Gasteiger charge is -2.34. The molecule has 1 aromatic heterocycles. The summed E-state index contributed by atoms with van der Waals surface area (Å²) in [5, 5.41) is 6.19. The van der Waals surface area contributed by atoms with Crippen LogP contribution in [0.3, 0.4) is 0 Å². The lowest BCUT2D eigenvalue weighted by atomic mass is 10.2. The van der Waals surface area contributed by atoms with Crippen LogP contribution in [0.1, 0.15) is 5.56 Å². The van der Waals surface area contributed by atoms with Gasteiger partial charge in [0.1, 0.15) is 10.8 Å². The van der Waals surface area contributed by atoms with Crippen LogP contribution in [0.4, 0.5) is 23.0 Å². The molecule has 0 aliphatic carbocycles. The van der Waals surface area contributed by atoms with E-state index in [4.69, 9.17) is 16.3 Å². The zero-order chi connectivity index (χ0) is 24.1. The molecule has 1 fully saturated rings. The topological polar surface area (TPSA) is 82.6 Å². The number of carbonyl (C=O) groups excluding carboxylic acids is 1. The lowest BCUT2D eigenvalue weighted by molar-refractivity contribution is -0.111. The quantitative estimate of drug-likeness (QED) is 0.469. The van der Waals surface area contributed by atoms with Gasteiger partial charge in [0.25, 0.3) is 0 Å². The molecule has 0 saturated carbocycles. The highest BCUT2D eigenvalue weighted by molar-refractivity contribution is 6.31. The summed E-state index contributed by atoms with van der Waals surface area (Å²) >= 11 is 6.30. The summed E-state index contributed by atoms with van der Waals surface area (Å²) < 4.78 is 5.97. The fourth-order valence-electron chi connectivity index (χ4n) is 3.52. The second-order valence-electron chi connectivity index (χ2n) is 8.08. The van der Waals surface area contributed by atoms with E-state index in [1.54, 1.807) is 12.1 Å². The molecule has 176 valence electrons. The number of nitrogens with one attached hydrogen (secondary N) is 2. The molecule has 1 aliphatic heterocycles. The zero-order valence-electron chi connectivity index (χ0n) is 19.2. The molecule has 34 heavy (non-hydrogen) atoms. The van der Waals surface area contributed by atoms with Gasteiger partial charge in [0.05, 0.1) is 6.20 Å². The molecule has 1 amide bonds. The Kier molecular flexibility index (Phi) is 7.30. The first-order valence-corrected chi connectivity index (χ1v) is 11.3. The van der Waals surface area contributed by atoms with Gasteiger partial charge in [0.15, 0.2) is 0 Å². The predicted molar refractivity (Wildman–Crippen MR) is 137 cm³/mol. The number of aryl methyl sites for hydroxylation is 1. The molecular weight excluding hydrogens is 452 g/mol. The maximum Gasteiger partial charge on any atom is 0.247 e. The maximum atomic E-state index is 11.6. The Labute approximate surface area is 204 Å². The van der Waals surface area contributed by atoms with E-state index in [0.29, 0.717) is 17.4 Å². The van der Waals surface area contributed by atoms with Gasteiger partial charge in [-0.1, -0.05) is 24.2 Å². The van der Waals surface area contributed by atoms with Crippen LogP contribution in [0.15, 0.2) is 61.3 Å². The largest absolute Gasteiger partial charge is 0.437 e. The van der Waals surface area contributed by atoms with Crippen molar-refractivity contribution in [3.8, 4) is 11.6 Å². The molecular formula is C25H27ClN6O2. The number of amides is 1. The molecule has 0 bridgehead atoms. The van der Waals surface area contributed by atoms with Gasteiger partial charge in [-0.15, -0.1) is 0 Å². The van der Waals surface area contributed by atoms with Crippen LogP contribution in [0, 0.1) is 6.92 Å². The molecule has 4 rings (SSSR count). The first kappa shape index (κ1) is 23.5. The van der Waals surface area contributed by atoms with E-state index in [9.17, 15) is 4.79 Å². The highest BCUT2D eigenvalue weighted by atomic mass is 35.5. The number of aromatic nitrogens is 2. The number of halogens is 1. The number of carbonyl (C=O) groups is 1. The van der Waals surface area contributed by atoms with Crippen molar-refractivity contribution in [3.05, 3.63) is 71.9 Å². The molecule has 0 atom stereocenters. The van der Waals surface area contributed by atoms with Gasteiger partial charge in [0, 0.05) is 49.3 Å². The third-order valence-corrected chi connectivity index (χ3v) is 5.81. The SMILES string of the molecule is C=CC(=O)Nc1ccc(C)c(Oc2nc(Nc3ccc(N4CCN(C)CC4)cc3)ncc2Cl)c1. The number of benzene rings is 2. The van der Waals surface area contributed by atoms with Gasteiger partial charge in [-0.25, -0.2) is 4.98 Å². The van der Waals surface area contributed by atoms with Crippen LogP contribution in [0.2, 0.25) is 5.02 Å². The molecule has 2 heterocycles. The van der Waals surface area contributed by atoms with Gasteiger partial charge in [-0.3, -0.25) is 4.79 Å². The molecule has 1 saturated heterocycles. The van der Waals surface area contributed by atoms with Gasteiger partial charge in [-0.05, 0) is 55.9 Å². The summed E-state index contributed by atoms with van der Waals surface area (Å²) in [6.07, 6.45) is 2.70. The average Bonchev–Trinajstić information content (AvgIpc) is 2.84. The van der Waals surface area contributed by atoms with Crippen molar-refractivity contribution in [1.29, 1.82) is 0 Å². The minimum absolute atomic E-state index is 0.212. The third kappa shape index (κ3) is 5.84. The Bertz CT molecular complexity index is 1180. The molecule has 3 aromatic rings. The number of rotatable bonds is 7. The Balaban J connectivity index is 1.47. The van der Waals surface area contributed by atoms with Crippen LogP contribution in [0.5, 0.6) is 11.6 Å². The van der Waals surface area contributed by atoms with Crippen molar-refractivity contribution in [3.63, 3.8) is 0 Å². The van der Waals surface area contributed by atoms with Gasteiger partial charge < -0.3 is 25.2 Å². The molecule has 0 spiro atoms. The van der Waals surface area contributed by atoms with Crippen molar-refractivity contribution in [1.82, 2.24) is 14.9 Å². The van der Waals surface area contributed by atoms with E-state index in [1.807, 2.05) is 25.1 Å². The predicted octanol–water partition coefficient (Wildman–Crippen LogP) is 4.85. The van der Waals surface area contributed by atoms with E-state index in [-0.39, 0.29) is 16.8 Å². The smallest absolute Gasteiger partial charge is 0.247 e. The van der Waals surface area contributed by atoms with Gasteiger partial charge in [-0.2, -0.15) is 4.98 Å². The number of hydrogen-bond acceptors (Lipinski definition) is 7. The molecule has 0 unspecified atom stereocenters. The van der Waals surface area contributed by atoms with Gasteiger partial charge in [0.2, 0.25) is 17.7 Å². The van der Waals surface area contributed by atoms with E-state index in [0.717, 1.165) is 37.4 Å². The normalized spacial score (nSPS) is 13.9. The fourth-order valence-corrected chi connectivity index (χ4v) is 3.65. The summed E-state index contributed by atoms with van der Waals surface area (Å²) in [5.41, 5.74) is 3.49. The summed E-state index contributed by atoms with van der Waals surface area (Å²) in [4.78, 5) is 25.0. The van der Waals surface area contributed by atoms with Crippen LogP contribution >= 0.6 is 11.6 Å². The summed E-state index contributed by atoms with van der Waals surface area (Å²) in [5.74, 6) is 0.786. The molecule has 0 radical (unpaired) electrons. The zero-order valence-corrected chi connectivity index (χ0v) is 20.0. The lowest BCUT2D eigenvalue weighted by Crippen LogP contribution is -2.44. The summed E-state index contributed by atoms with van der Waals surface area (Å²) in [6.45, 7) is 9.51. The molecule has 9 heteroatoms. The summed E-state index contributed by atoms with van der Waals surface area (Å²) in [6, 6.07) is 13.5. The Morgan fingerprint density at radius 1 is 1.12 bits per heavy atom. The number of piperazine rings is 1. The van der Waals surface area contributed by atoms with E-state index in [1.165, 1.54) is 18.0 Å². The molecule has 1 aliphatic rings. The highest BCUT2D eigenvalue weighted by Gasteiger charge is 2.15. The number of likely N-dealkylation sites (N-methyl/N-ethyl adjacent to an activating group) is 1. The number of nitrogens with zero attached hydrogens (tertiary/aromatic N) is 4. The minimum Gasteiger partial charge on any atom is -0.437 e. The third-order valence-electron chi connectivity index (χ3n) is 5.55. The van der Waals surface area contributed by atoms with Crippen LogP contribution < -0.4 is 20.3 Å². The van der Waals surface area contributed by atoms with E-state index >= 15 is 0 Å². The first-order valence-electron chi connectivity index (χ1n) is 11.0. The van der Waals surface area contributed by atoms with Crippen LogP contribution in [0.25, 0.3) is 0 Å². The second kappa shape index (κ2) is 10.5. The number of hydrogen-bond donors (Lipinski definition) is 2. The molecule has 2 N–H and O–H groups in total. The van der Waals surface area contributed by atoms with Crippen LogP contribution in [-0.4, -0.2) is 54.0 Å². The molecule has 2 aromatic carbocycles. The van der Waals surface area contributed by atoms with Crippen molar-refractivity contribution < 1.29 is 9.53 Å². The average molecular weight is 479 g/mol. The standard InChI is InChI=1S/C25H27ClN6O2/c1-4-23(33)28-19-6-5-17(2)22(15-19)34-24-21(26)16-27-25(30-24)29-18-7-9-20(10-8-18)32-13-11-31(3)12-14-32/h4-10,15-16H,1,11-14H2,2-3H3,(H,28,33)(H,27,29,30). The Morgan fingerprint density at radius 3 is 2.53 bits per heavy atom. The fraction of sp³-hybridized carbons (Fsp3) is 0.240. The number of ether oxygens (including phenoxy) is 1. The van der Waals surface area contributed by atoms with Crippen molar-refractivity contribution in [2.24, 2.45) is 0 Å². The number of anilines is 4. The first-order chi connectivity index (χ1) is 16.4. The maximum absolute atomic E-state index is 11.6. The Morgan fingerprint density at radius 2 is 1.82 bits per heavy atom. The summed E-state index contributed by atoms with van der Waals surface area (Å²) in [7, 11) is 2.15. The molecule has 8 nitrogen and oxygen atoms in total. The highest BCUT2D eigenvalue weighted by Crippen LogP contribution is 2.32. The van der Waals surface area contributed by atoms with Gasteiger partial charge >= 0.3 is 0 Å². The van der Waals surface area contributed by atoms with Crippen LogP contribution in [-0.2, 0) is 4.79 Å².